The topological polar surface area (TPSA) is 36.9 Å². The molecule has 1 atom stereocenters. The molecule has 0 spiro atoms. The number of likely N-dealkylation sites (tertiary alicyclic amines) is 1. The summed E-state index contributed by atoms with van der Waals surface area (Å²) < 4.78 is 6.48. The van der Waals surface area contributed by atoms with Crippen LogP contribution in [0.1, 0.15) is 20.3 Å². The van der Waals surface area contributed by atoms with Crippen molar-refractivity contribution in [1.29, 1.82) is 0 Å². The highest BCUT2D eigenvalue weighted by atomic mass is 79.9. The van der Waals surface area contributed by atoms with Gasteiger partial charge in [-0.05, 0) is 44.5 Å². The fourth-order valence-corrected chi connectivity index (χ4v) is 4.20. The molecule has 134 valence electrons. The molecule has 6 heteroatoms. The third kappa shape index (κ3) is 5.97. The van der Waals surface area contributed by atoms with Gasteiger partial charge in [-0.2, -0.15) is 0 Å². The molecule has 0 aliphatic carbocycles. The van der Waals surface area contributed by atoms with Gasteiger partial charge in [0.15, 0.2) is 5.96 Å². The Morgan fingerprint density at radius 2 is 2.12 bits per heavy atom. The third-order valence-corrected chi connectivity index (χ3v) is 5.81. The van der Waals surface area contributed by atoms with E-state index in [-0.39, 0.29) is 4.75 Å². The quantitative estimate of drug-likeness (QED) is 0.436. The Morgan fingerprint density at radius 1 is 1.42 bits per heavy atom. The summed E-state index contributed by atoms with van der Waals surface area (Å²) in [4.78, 5) is 8.08. The minimum Gasteiger partial charge on any atom is -0.384 e. The van der Waals surface area contributed by atoms with Crippen molar-refractivity contribution < 1.29 is 4.74 Å². The highest BCUT2D eigenvalue weighted by molar-refractivity contribution is 9.10. The maximum atomic E-state index is 5.28. The van der Waals surface area contributed by atoms with Crippen molar-refractivity contribution in [3.8, 4) is 0 Å². The highest BCUT2D eigenvalue weighted by Crippen LogP contribution is 2.32. The molecule has 1 unspecified atom stereocenters. The zero-order valence-electron chi connectivity index (χ0n) is 15.0. The van der Waals surface area contributed by atoms with Gasteiger partial charge >= 0.3 is 0 Å². The van der Waals surface area contributed by atoms with Crippen LogP contribution in [-0.4, -0.2) is 56.0 Å². The first-order chi connectivity index (χ1) is 11.4. The molecule has 0 amide bonds. The third-order valence-electron chi connectivity index (χ3n) is 4.08. The van der Waals surface area contributed by atoms with E-state index in [1.807, 2.05) is 18.8 Å². The van der Waals surface area contributed by atoms with Crippen LogP contribution in [-0.2, 0) is 4.74 Å². The number of hydrogen-bond acceptors (Lipinski definition) is 3. The second-order valence-corrected chi connectivity index (χ2v) is 9.47. The molecular weight excluding hydrogens is 386 g/mol. The Labute approximate surface area is 158 Å². The largest absolute Gasteiger partial charge is 0.384 e. The Balaban J connectivity index is 1.86. The zero-order chi connectivity index (χ0) is 17.6. The Bertz CT molecular complexity index is 548. The van der Waals surface area contributed by atoms with Gasteiger partial charge in [-0.1, -0.05) is 15.9 Å². The summed E-state index contributed by atoms with van der Waals surface area (Å²) in [6.45, 7) is 8.29. The van der Waals surface area contributed by atoms with Crippen LogP contribution in [0, 0.1) is 5.92 Å². The van der Waals surface area contributed by atoms with E-state index in [4.69, 9.17) is 4.74 Å². The van der Waals surface area contributed by atoms with Gasteiger partial charge in [0, 0.05) is 53.8 Å². The van der Waals surface area contributed by atoms with Crippen LogP contribution < -0.4 is 5.32 Å². The molecule has 4 nitrogen and oxygen atoms in total. The van der Waals surface area contributed by atoms with Gasteiger partial charge < -0.3 is 15.0 Å². The van der Waals surface area contributed by atoms with Gasteiger partial charge in [0.2, 0.25) is 0 Å². The number of halogens is 1. The molecule has 0 radical (unpaired) electrons. The van der Waals surface area contributed by atoms with E-state index < -0.39 is 0 Å². The van der Waals surface area contributed by atoms with Gasteiger partial charge in [0.25, 0.3) is 0 Å². The molecule has 1 fully saturated rings. The fourth-order valence-electron chi connectivity index (χ4n) is 2.88. The number of methoxy groups -OCH3 is 1. The first kappa shape index (κ1) is 19.6. The molecular formula is C18H28BrN3OS. The van der Waals surface area contributed by atoms with Crippen LogP contribution in [0.15, 0.2) is 38.6 Å². The molecule has 2 rings (SSSR count). The number of thioether (sulfide) groups is 1. The molecule has 1 heterocycles. The van der Waals surface area contributed by atoms with Gasteiger partial charge in [0.05, 0.1) is 6.61 Å². The zero-order valence-corrected chi connectivity index (χ0v) is 17.4. The lowest BCUT2D eigenvalue weighted by Crippen LogP contribution is -2.45. The van der Waals surface area contributed by atoms with Crippen molar-refractivity contribution >= 4 is 33.7 Å². The minimum atomic E-state index is 0.0788. The minimum absolute atomic E-state index is 0.0788. The molecule has 24 heavy (non-hydrogen) atoms. The van der Waals surface area contributed by atoms with Gasteiger partial charge in [0.1, 0.15) is 0 Å². The van der Waals surface area contributed by atoms with Crippen molar-refractivity contribution in [2.75, 3.05) is 40.4 Å². The van der Waals surface area contributed by atoms with E-state index in [2.05, 4.69) is 69.3 Å². The number of nitrogens with zero attached hydrogens (tertiary/aromatic N) is 2. The number of ether oxygens (including phenoxy) is 1. The van der Waals surface area contributed by atoms with E-state index in [1.54, 1.807) is 7.11 Å². The molecule has 1 aliphatic rings. The highest BCUT2D eigenvalue weighted by Gasteiger charge is 2.26. The summed E-state index contributed by atoms with van der Waals surface area (Å²) >= 11 is 5.37. The van der Waals surface area contributed by atoms with Crippen molar-refractivity contribution in [2.45, 2.75) is 29.9 Å². The Morgan fingerprint density at radius 3 is 2.75 bits per heavy atom. The van der Waals surface area contributed by atoms with Crippen LogP contribution >= 0.6 is 27.7 Å². The average molecular weight is 414 g/mol. The second-order valence-electron chi connectivity index (χ2n) is 6.77. The van der Waals surface area contributed by atoms with E-state index >= 15 is 0 Å². The average Bonchev–Trinajstić information content (AvgIpc) is 2.99. The number of guanidine groups is 1. The number of rotatable bonds is 6. The molecule has 1 N–H and O–H groups in total. The smallest absolute Gasteiger partial charge is 0.193 e. The molecule has 1 aromatic carbocycles. The van der Waals surface area contributed by atoms with E-state index in [1.165, 1.54) is 11.3 Å². The lowest BCUT2D eigenvalue weighted by Gasteiger charge is -2.28. The monoisotopic (exact) mass is 413 g/mol. The summed E-state index contributed by atoms with van der Waals surface area (Å²) in [6, 6.07) is 8.48. The van der Waals surface area contributed by atoms with Crippen molar-refractivity contribution in [3.63, 3.8) is 0 Å². The van der Waals surface area contributed by atoms with Crippen LogP contribution in [0.3, 0.4) is 0 Å². The normalized spacial score (nSPS) is 19.0. The number of benzene rings is 1. The molecule has 1 saturated heterocycles. The standard InChI is InChI=1S/C18H28BrN3OS/c1-18(2,24-16-7-5-15(19)6-8-16)13-21-17(20-3)22-10-9-14(11-22)12-23-4/h5-8,14H,9-13H2,1-4H3,(H,20,21). The van der Waals surface area contributed by atoms with Crippen molar-refractivity contribution in [1.82, 2.24) is 10.2 Å². The van der Waals surface area contributed by atoms with Gasteiger partial charge in [-0.15, -0.1) is 11.8 Å². The predicted molar refractivity (Wildman–Crippen MR) is 107 cm³/mol. The first-order valence-electron chi connectivity index (χ1n) is 8.32. The molecule has 1 aliphatic heterocycles. The van der Waals surface area contributed by atoms with Crippen LogP contribution in [0.5, 0.6) is 0 Å². The maximum absolute atomic E-state index is 5.28. The summed E-state index contributed by atoms with van der Waals surface area (Å²) in [7, 11) is 3.64. The van der Waals surface area contributed by atoms with E-state index in [0.717, 1.165) is 36.7 Å². The van der Waals surface area contributed by atoms with Gasteiger partial charge in [-0.25, -0.2) is 0 Å². The SMILES string of the molecule is CN=C(NCC(C)(C)Sc1ccc(Br)cc1)N1CCC(COC)C1. The molecule has 0 saturated carbocycles. The molecule has 0 bridgehead atoms. The summed E-state index contributed by atoms with van der Waals surface area (Å²) in [6.07, 6.45) is 1.17. The van der Waals surface area contributed by atoms with Crippen molar-refractivity contribution in [2.24, 2.45) is 10.9 Å². The molecule has 0 aromatic heterocycles. The summed E-state index contributed by atoms with van der Waals surface area (Å²) in [5.41, 5.74) is 0. The summed E-state index contributed by atoms with van der Waals surface area (Å²) in [5, 5.41) is 3.55. The second kappa shape index (κ2) is 9.11. The van der Waals surface area contributed by atoms with Crippen LogP contribution in [0.2, 0.25) is 0 Å². The Kier molecular flexibility index (Phi) is 7.44. The predicted octanol–water partition coefficient (Wildman–Crippen LogP) is 3.86. The molecule has 1 aromatic rings. The first-order valence-corrected chi connectivity index (χ1v) is 9.93. The van der Waals surface area contributed by atoms with Crippen molar-refractivity contribution in [3.05, 3.63) is 28.7 Å². The Hall–Kier alpha value is -0.720. The lowest BCUT2D eigenvalue weighted by molar-refractivity contribution is 0.157. The number of hydrogen-bond donors (Lipinski definition) is 1. The fraction of sp³-hybridized carbons (Fsp3) is 0.611. The summed E-state index contributed by atoms with van der Waals surface area (Å²) in [5.74, 6) is 1.61. The van der Waals surface area contributed by atoms with Gasteiger partial charge in [-0.3, -0.25) is 4.99 Å². The lowest BCUT2D eigenvalue weighted by atomic mass is 10.1. The van der Waals surface area contributed by atoms with E-state index in [0.29, 0.717) is 5.92 Å². The van der Waals surface area contributed by atoms with Crippen LogP contribution in [0.25, 0.3) is 0 Å². The van der Waals surface area contributed by atoms with Crippen LogP contribution in [0.4, 0.5) is 0 Å². The van der Waals surface area contributed by atoms with E-state index in [9.17, 15) is 0 Å². The number of nitrogens with one attached hydrogen (secondary N) is 1. The maximum Gasteiger partial charge on any atom is 0.193 e. The number of aliphatic imine (C=N–C) groups is 1.